The van der Waals surface area contributed by atoms with Crippen molar-refractivity contribution < 1.29 is 13.2 Å². The molecule has 0 radical (unpaired) electrons. The number of hydrogen-bond acceptors (Lipinski definition) is 3. The van der Waals surface area contributed by atoms with E-state index in [1.165, 1.54) is 28.3 Å². The van der Waals surface area contributed by atoms with Crippen LogP contribution in [0.3, 0.4) is 0 Å². The Balaban J connectivity index is 1.83. The molecule has 0 aromatic heterocycles. The Labute approximate surface area is 180 Å². The Morgan fingerprint density at radius 3 is 2.43 bits per heavy atom. The van der Waals surface area contributed by atoms with Crippen LogP contribution in [-0.4, -0.2) is 26.6 Å². The maximum atomic E-state index is 13.2. The zero-order chi connectivity index (χ0) is 21.9. The largest absolute Gasteiger partial charge is 0.348 e. The summed E-state index contributed by atoms with van der Waals surface area (Å²) in [6.07, 6.45) is 6.17. The van der Waals surface area contributed by atoms with Crippen LogP contribution in [0.4, 0.5) is 5.69 Å². The molecule has 1 aliphatic rings. The predicted molar refractivity (Wildman–Crippen MR) is 122 cm³/mol. The van der Waals surface area contributed by atoms with Gasteiger partial charge in [-0.25, -0.2) is 8.42 Å². The van der Waals surface area contributed by atoms with Gasteiger partial charge in [-0.05, 0) is 80.3 Å². The van der Waals surface area contributed by atoms with Crippen molar-refractivity contribution >= 4 is 21.6 Å². The highest BCUT2D eigenvalue weighted by atomic mass is 32.2. The number of amides is 1. The van der Waals surface area contributed by atoms with Crippen LogP contribution in [0.1, 0.15) is 61.4 Å². The van der Waals surface area contributed by atoms with E-state index in [9.17, 15) is 13.2 Å². The molecule has 1 amide bonds. The molecule has 2 aromatic rings. The van der Waals surface area contributed by atoms with E-state index in [-0.39, 0.29) is 11.9 Å². The van der Waals surface area contributed by atoms with Crippen LogP contribution in [-0.2, 0) is 27.7 Å². The van der Waals surface area contributed by atoms with E-state index in [0.717, 1.165) is 30.2 Å². The first kappa shape index (κ1) is 22.3. The maximum Gasteiger partial charge on any atom is 0.244 e. The lowest BCUT2D eigenvalue weighted by atomic mass is 9.89. The van der Waals surface area contributed by atoms with Crippen molar-refractivity contribution in [1.82, 2.24) is 5.32 Å². The molecule has 30 heavy (non-hydrogen) atoms. The molecule has 0 saturated carbocycles. The molecule has 0 fully saturated rings. The minimum absolute atomic E-state index is 0.197. The SMILES string of the molecule is CC[C@@H](C(=O)N[C@H](C)c1ccc2c(c1)CCCC2)N(c1cccc(C)c1)S(C)(=O)=O. The highest BCUT2D eigenvalue weighted by Gasteiger charge is 2.32. The highest BCUT2D eigenvalue weighted by molar-refractivity contribution is 7.92. The van der Waals surface area contributed by atoms with E-state index in [2.05, 4.69) is 23.5 Å². The van der Waals surface area contributed by atoms with E-state index in [1.54, 1.807) is 12.1 Å². The molecule has 162 valence electrons. The van der Waals surface area contributed by atoms with Gasteiger partial charge in [0.15, 0.2) is 0 Å². The second-order valence-electron chi connectivity index (χ2n) is 8.29. The number of anilines is 1. The number of nitrogens with zero attached hydrogens (tertiary/aromatic N) is 1. The first-order valence-corrected chi connectivity index (χ1v) is 12.5. The third-order valence-electron chi connectivity index (χ3n) is 5.82. The van der Waals surface area contributed by atoms with Gasteiger partial charge < -0.3 is 5.32 Å². The van der Waals surface area contributed by atoms with E-state index in [1.807, 2.05) is 32.9 Å². The van der Waals surface area contributed by atoms with Crippen molar-refractivity contribution in [3.8, 4) is 0 Å². The van der Waals surface area contributed by atoms with Crippen LogP contribution < -0.4 is 9.62 Å². The summed E-state index contributed by atoms with van der Waals surface area (Å²) >= 11 is 0. The molecule has 2 atom stereocenters. The molecule has 0 heterocycles. The van der Waals surface area contributed by atoms with Gasteiger partial charge in [0.05, 0.1) is 18.0 Å². The highest BCUT2D eigenvalue weighted by Crippen LogP contribution is 2.26. The van der Waals surface area contributed by atoms with Crippen molar-refractivity contribution in [1.29, 1.82) is 0 Å². The van der Waals surface area contributed by atoms with Gasteiger partial charge in [-0.1, -0.05) is 37.3 Å². The van der Waals surface area contributed by atoms with Gasteiger partial charge in [0.25, 0.3) is 0 Å². The molecule has 0 saturated heterocycles. The Hall–Kier alpha value is -2.34. The average molecular weight is 429 g/mol. The van der Waals surface area contributed by atoms with Crippen molar-refractivity contribution in [2.75, 3.05) is 10.6 Å². The van der Waals surface area contributed by atoms with E-state index in [0.29, 0.717) is 12.1 Å². The van der Waals surface area contributed by atoms with E-state index >= 15 is 0 Å². The molecule has 0 unspecified atom stereocenters. The number of benzene rings is 2. The molecule has 0 aliphatic heterocycles. The molecule has 2 aromatic carbocycles. The smallest absolute Gasteiger partial charge is 0.244 e. The Kier molecular flexibility index (Phi) is 6.86. The van der Waals surface area contributed by atoms with Crippen molar-refractivity contribution in [2.45, 2.75) is 65.0 Å². The number of sulfonamides is 1. The fraction of sp³-hybridized carbons (Fsp3) is 0.458. The molecular weight excluding hydrogens is 396 g/mol. The summed E-state index contributed by atoms with van der Waals surface area (Å²) in [6, 6.07) is 12.7. The zero-order valence-electron chi connectivity index (χ0n) is 18.3. The number of aryl methyl sites for hydroxylation is 3. The molecule has 6 heteroatoms. The molecule has 5 nitrogen and oxygen atoms in total. The fourth-order valence-electron chi connectivity index (χ4n) is 4.24. The Bertz CT molecular complexity index is 1020. The monoisotopic (exact) mass is 428 g/mol. The second kappa shape index (κ2) is 9.21. The van der Waals surface area contributed by atoms with Crippen LogP contribution in [0.5, 0.6) is 0 Å². The lowest BCUT2D eigenvalue weighted by Gasteiger charge is -2.31. The molecule has 3 rings (SSSR count). The maximum absolute atomic E-state index is 13.2. The standard InChI is InChI=1S/C24H32N2O3S/c1-5-23(26(30(4,28)29)22-12-8-9-17(2)15-22)24(27)25-18(3)20-14-13-19-10-6-7-11-21(19)16-20/h8-9,12-16,18,23H,5-7,10-11H2,1-4H3,(H,25,27)/t18-,23+/m1/s1. The van der Waals surface area contributed by atoms with Crippen LogP contribution in [0.25, 0.3) is 0 Å². The predicted octanol–water partition coefficient (Wildman–Crippen LogP) is 4.30. The van der Waals surface area contributed by atoms with Gasteiger partial charge >= 0.3 is 0 Å². The van der Waals surface area contributed by atoms with Gasteiger partial charge in [-0.2, -0.15) is 0 Å². The number of fused-ring (bicyclic) bond motifs is 1. The lowest BCUT2D eigenvalue weighted by molar-refractivity contribution is -0.122. The van der Waals surface area contributed by atoms with Crippen LogP contribution in [0.2, 0.25) is 0 Å². The minimum Gasteiger partial charge on any atom is -0.348 e. The third kappa shape index (κ3) is 5.04. The molecule has 1 aliphatic carbocycles. The van der Waals surface area contributed by atoms with Gasteiger partial charge in [0.2, 0.25) is 15.9 Å². The normalized spacial score (nSPS) is 15.7. The number of carbonyl (C=O) groups excluding carboxylic acids is 1. The van der Waals surface area contributed by atoms with Crippen molar-refractivity contribution in [3.05, 3.63) is 64.7 Å². The van der Waals surface area contributed by atoms with Crippen molar-refractivity contribution in [3.63, 3.8) is 0 Å². The van der Waals surface area contributed by atoms with Gasteiger partial charge in [0.1, 0.15) is 6.04 Å². The van der Waals surface area contributed by atoms with Gasteiger partial charge in [0, 0.05) is 0 Å². The van der Waals surface area contributed by atoms with Crippen LogP contribution in [0.15, 0.2) is 42.5 Å². The summed E-state index contributed by atoms with van der Waals surface area (Å²) in [5.74, 6) is -0.283. The van der Waals surface area contributed by atoms with Crippen molar-refractivity contribution in [2.24, 2.45) is 0 Å². The second-order valence-corrected chi connectivity index (χ2v) is 10.1. The van der Waals surface area contributed by atoms with Gasteiger partial charge in [-0.3, -0.25) is 9.10 Å². The van der Waals surface area contributed by atoms with Crippen LogP contribution >= 0.6 is 0 Å². The summed E-state index contributed by atoms with van der Waals surface area (Å²) in [4.78, 5) is 13.2. The molecule has 0 bridgehead atoms. The lowest BCUT2D eigenvalue weighted by Crippen LogP contribution is -2.49. The quantitative estimate of drug-likeness (QED) is 0.715. The first-order valence-electron chi connectivity index (χ1n) is 10.7. The average Bonchev–Trinajstić information content (AvgIpc) is 2.70. The summed E-state index contributed by atoms with van der Waals surface area (Å²) in [6.45, 7) is 5.69. The minimum atomic E-state index is -3.63. The first-order chi connectivity index (χ1) is 14.2. The number of carbonyl (C=O) groups is 1. The van der Waals surface area contributed by atoms with E-state index in [4.69, 9.17) is 0 Å². The summed E-state index contributed by atoms with van der Waals surface area (Å²) in [7, 11) is -3.63. The third-order valence-corrected chi connectivity index (χ3v) is 7.00. The number of hydrogen-bond donors (Lipinski definition) is 1. The molecule has 1 N–H and O–H groups in total. The molecular formula is C24H32N2O3S. The summed E-state index contributed by atoms with van der Waals surface area (Å²) in [5, 5.41) is 3.05. The summed E-state index contributed by atoms with van der Waals surface area (Å²) < 4.78 is 26.5. The number of nitrogens with one attached hydrogen (secondary N) is 1. The zero-order valence-corrected chi connectivity index (χ0v) is 19.1. The topological polar surface area (TPSA) is 66.5 Å². The Morgan fingerprint density at radius 1 is 1.10 bits per heavy atom. The molecule has 0 spiro atoms. The van der Waals surface area contributed by atoms with Gasteiger partial charge in [-0.15, -0.1) is 0 Å². The van der Waals surface area contributed by atoms with E-state index < -0.39 is 16.1 Å². The fourth-order valence-corrected chi connectivity index (χ4v) is 5.44. The number of rotatable bonds is 7. The summed E-state index contributed by atoms with van der Waals surface area (Å²) in [5.41, 5.74) is 5.28. The van der Waals surface area contributed by atoms with Crippen LogP contribution in [0, 0.1) is 6.92 Å². The Morgan fingerprint density at radius 2 is 1.80 bits per heavy atom.